The molecule has 1 aliphatic rings. The van der Waals surface area contributed by atoms with Gasteiger partial charge in [0, 0.05) is 17.1 Å². The lowest BCUT2D eigenvalue weighted by Gasteiger charge is -2.11. The standard InChI is InChI=1S/C20H16ClFN4O2S/c1-2-24-17(27)11-16(19(24)28)26-20(29)25(15-5-3-4-14(22)10-15)18(23-26)12-6-8-13(21)9-7-12/h3-10,16H,2,11H2,1H3/t16-/m0/s1. The fraction of sp³-hybridized carbons (Fsp3) is 0.200. The molecule has 6 nitrogen and oxygen atoms in total. The van der Waals surface area contributed by atoms with Crippen LogP contribution in [0.25, 0.3) is 17.1 Å². The van der Waals surface area contributed by atoms with Crippen molar-refractivity contribution in [3.05, 3.63) is 64.1 Å². The van der Waals surface area contributed by atoms with Gasteiger partial charge < -0.3 is 0 Å². The zero-order valence-corrected chi connectivity index (χ0v) is 17.0. The van der Waals surface area contributed by atoms with E-state index < -0.39 is 11.9 Å². The van der Waals surface area contributed by atoms with Gasteiger partial charge in [0.2, 0.25) is 10.7 Å². The number of benzene rings is 2. The number of nitrogens with zero attached hydrogens (tertiary/aromatic N) is 4. The van der Waals surface area contributed by atoms with Crippen LogP contribution < -0.4 is 0 Å². The average molecular weight is 431 g/mol. The fourth-order valence-electron chi connectivity index (χ4n) is 3.41. The van der Waals surface area contributed by atoms with E-state index >= 15 is 0 Å². The zero-order valence-electron chi connectivity index (χ0n) is 15.4. The first-order valence-electron chi connectivity index (χ1n) is 8.98. The van der Waals surface area contributed by atoms with E-state index in [-0.39, 0.29) is 29.6 Å². The number of hydrogen-bond donors (Lipinski definition) is 0. The quantitative estimate of drug-likeness (QED) is 0.460. The lowest BCUT2D eigenvalue weighted by atomic mass is 10.2. The van der Waals surface area contributed by atoms with Crippen molar-refractivity contribution >= 4 is 35.6 Å². The molecule has 1 atom stereocenters. The first-order chi connectivity index (χ1) is 13.9. The van der Waals surface area contributed by atoms with Gasteiger partial charge in [-0.25, -0.2) is 9.07 Å². The maximum Gasteiger partial charge on any atom is 0.254 e. The Labute approximate surface area is 176 Å². The number of amides is 2. The lowest BCUT2D eigenvalue weighted by molar-refractivity contribution is -0.138. The van der Waals surface area contributed by atoms with Crippen LogP contribution in [0.15, 0.2) is 48.5 Å². The first kappa shape index (κ1) is 19.5. The zero-order chi connectivity index (χ0) is 20.7. The van der Waals surface area contributed by atoms with Crippen molar-refractivity contribution in [3.8, 4) is 17.1 Å². The third-order valence-electron chi connectivity index (χ3n) is 4.80. The maximum absolute atomic E-state index is 13.9. The van der Waals surface area contributed by atoms with Gasteiger partial charge in [-0.05, 0) is 61.6 Å². The summed E-state index contributed by atoms with van der Waals surface area (Å²) < 4.78 is 17.1. The van der Waals surface area contributed by atoms with Crippen LogP contribution >= 0.6 is 23.8 Å². The molecule has 2 amide bonds. The summed E-state index contributed by atoms with van der Waals surface area (Å²) in [5, 5.41) is 5.12. The van der Waals surface area contributed by atoms with Crippen LogP contribution in [0.3, 0.4) is 0 Å². The summed E-state index contributed by atoms with van der Waals surface area (Å²) >= 11 is 11.6. The number of hydrogen-bond acceptors (Lipinski definition) is 4. The third kappa shape index (κ3) is 3.38. The number of imide groups is 1. The van der Waals surface area contributed by atoms with E-state index in [1.807, 2.05) is 0 Å². The number of carbonyl (C=O) groups is 2. The van der Waals surface area contributed by atoms with Gasteiger partial charge >= 0.3 is 0 Å². The summed E-state index contributed by atoms with van der Waals surface area (Å²) in [6.07, 6.45) is -0.0127. The minimum atomic E-state index is -0.823. The largest absolute Gasteiger partial charge is 0.281 e. The van der Waals surface area contributed by atoms with E-state index in [9.17, 15) is 14.0 Å². The molecule has 1 fully saturated rings. The van der Waals surface area contributed by atoms with Crippen LogP contribution in [-0.4, -0.2) is 37.6 Å². The molecule has 1 saturated heterocycles. The Hall–Kier alpha value is -2.84. The van der Waals surface area contributed by atoms with Crippen LogP contribution in [0.5, 0.6) is 0 Å². The summed E-state index contributed by atoms with van der Waals surface area (Å²) in [6, 6.07) is 12.0. The van der Waals surface area contributed by atoms with Crippen LogP contribution in [0.4, 0.5) is 4.39 Å². The Kier molecular flexibility index (Phi) is 5.06. The molecule has 0 aliphatic carbocycles. The highest BCUT2D eigenvalue weighted by atomic mass is 35.5. The van der Waals surface area contributed by atoms with Gasteiger partial charge in [0.1, 0.15) is 11.9 Å². The van der Waals surface area contributed by atoms with E-state index in [0.717, 1.165) is 0 Å². The molecule has 1 aliphatic heterocycles. The van der Waals surface area contributed by atoms with Crippen molar-refractivity contribution in [3.63, 3.8) is 0 Å². The summed E-state index contributed by atoms with van der Waals surface area (Å²) in [6.45, 7) is 2.03. The molecule has 9 heteroatoms. The van der Waals surface area contributed by atoms with Gasteiger partial charge in [0.25, 0.3) is 5.91 Å². The number of likely N-dealkylation sites (N-methyl/N-ethyl adjacent to an activating group) is 1. The second-order valence-corrected chi connectivity index (χ2v) is 7.37. The molecule has 4 rings (SSSR count). The van der Waals surface area contributed by atoms with Crippen LogP contribution in [0.2, 0.25) is 5.02 Å². The second-order valence-electron chi connectivity index (χ2n) is 6.57. The van der Waals surface area contributed by atoms with Gasteiger partial charge in [-0.3, -0.25) is 19.1 Å². The van der Waals surface area contributed by atoms with Crippen molar-refractivity contribution in [1.82, 2.24) is 19.2 Å². The summed E-state index contributed by atoms with van der Waals surface area (Å²) in [5.41, 5.74) is 1.16. The lowest BCUT2D eigenvalue weighted by Crippen LogP contribution is -2.31. The number of aromatic nitrogens is 3. The predicted molar refractivity (Wildman–Crippen MR) is 109 cm³/mol. The molecule has 29 heavy (non-hydrogen) atoms. The normalized spacial score (nSPS) is 16.7. The Balaban J connectivity index is 1.92. The van der Waals surface area contributed by atoms with E-state index in [2.05, 4.69) is 5.10 Å². The number of carbonyl (C=O) groups excluding carboxylic acids is 2. The molecule has 148 valence electrons. The Morgan fingerprint density at radius 3 is 2.55 bits per heavy atom. The summed E-state index contributed by atoms with van der Waals surface area (Å²) in [4.78, 5) is 26.1. The van der Waals surface area contributed by atoms with Gasteiger partial charge in [0.15, 0.2) is 5.82 Å². The minimum Gasteiger partial charge on any atom is -0.281 e. The molecule has 0 N–H and O–H groups in total. The molecular weight excluding hydrogens is 415 g/mol. The average Bonchev–Trinajstić information content (AvgIpc) is 3.18. The molecule has 0 bridgehead atoms. The summed E-state index contributed by atoms with van der Waals surface area (Å²) in [7, 11) is 0. The topological polar surface area (TPSA) is 60.1 Å². The van der Waals surface area contributed by atoms with Crippen LogP contribution in [-0.2, 0) is 9.59 Å². The van der Waals surface area contributed by atoms with Crippen molar-refractivity contribution in [1.29, 1.82) is 0 Å². The molecule has 3 aromatic rings. The number of halogens is 2. The first-order valence-corrected chi connectivity index (χ1v) is 9.77. The van der Waals surface area contributed by atoms with Gasteiger partial charge in [-0.15, -0.1) is 0 Å². The smallest absolute Gasteiger partial charge is 0.254 e. The SMILES string of the molecule is CCN1C(=O)C[C@H](n2nc(-c3ccc(Cl)cc3)n(-c3cccc(F)c3)c2=S)C1=O. The molecule has 1 aromatic heterocycles. The van der Waals surface area contributed by atoms with E-state index in [1.165, 1.54) is 21.7 Å². The Morgan fingerprint density at radius 1 is 1.21 bits per heavy atom. The molecule has 2 heterocycles. The highest BCUT2D eigenvalue weighted by Gasteiger charge is 2.40. The van der Waals surface area contributed by atoms with Crippen molar-refractivity contribution in [2.45, 2.75) is 19.4 Å². The van der Waals surface area contributed by atoms with Gasteiger partial charge in [-0.1, -0.05) is 17.7 Å². The third-order valence-corrected chi connectivity index (χ3v) is 5.42. The van der Waals surface area contributed by atoms with Crippen molar-refractivity contribution < 1.29 is 14.0 Å². The fourth-order valence-corrected chi connectivity index (χ4v) is 3.89. The highest BCUT2D eigenvalue weighted by molar-refractivity contribution is 7.71. The molecule has 0 unspecified atom stereocenters. The van der Waals surface area contributed by atoms with Gasteiger partial charge in [-0.2, -0.15) is 5.10 Å². The molecule has 0 radical (unpaired) electrons. The van der Waals surface area contributed by atoms with Crippen molar-refractivity contribution in [2.24, 2.45) is 0 Å². The van der Waals surface area contributed by atoms with E-state index in [1.54, 1.807) is 47.9 Å². The van der Waals surface area contributed by atoms with Crippen LogP contribution in [0, 0.1) is 10.6 Å². The Morgan fingerprint density at radius 2 is 1.93 bits per heavy atom. The van der Waals surface area contributed by atoms with Crippen LogP contribution in [0.1, 0.15) is 19.4 Å². The molecule has 0 saturated carbocycles. The predicted octanol–water partition coefficient (Wildman–Crippen LogP) is 4.18. The maximum atomic E-state index is 13.9. The van der Waals surface area contributed by atoms with E-state index in [0.29, 0.717) is 22.1 Å². The molecule has 2 aromatic carbocycles. The second kappa shape index (κ2) is 7.53. The minimum absolute atomic E-state index is 0.0127. The molecular formula is C20H16ClFN4O2S. The number of likely N-dealkylation sites (tertiary alicyclic amines) is 1. The summed E-state index contributed by atoms with van der Waals surface area (Å²) in [5.74, 6) is -0.617. The van der Waals surface area contributed by atoms with Crippen molar-refractivity contribution in [2.75, 3.05) is 6.54 Å². The molecule has 0 spiro atoms. The highest BCUT2D eigenvalue weighted by Crippen LogP contribution is 2.29. The van der Waals surface area contributed by atoms with E-state index in [4.69, 9.17) is 23.8 Å². The number of rotatable bonds is 4. The monoisotopic (exact) mass is 430 g/mol. The van der Waals surface area contributed by atoms with Gasteiger partial charge in [0.05, 0.1) is 12.1 Å². The Bertz CT molecular complexity index is 1170.